The second-order valence-corrected chi connectivity index (χ2v) is 3.95. The smallest absolute Gasteiger partial charge is 0.354 e. The van der Waals surface area contributed by atoms with E-state index >= 15 is 0 Å². The van der Waals surface area contributed by atoms with Crippen molar-refractivity contribution in [1.29, 1.82) is 0 Å². The maximum atomic E-state index is 11.1. The first-order chi connectivity index (χ1) is 8.11. The molecule has 0 saturated heterocycles. The predicted octanol–water partition coefficient (Wildman–Crippen LogP) is 2.50. The van der Waals surface area contributed by atoms with Crippen LogP contribution in [-0.4, -0.2) is 20.6 Å². The van der Waals surface area contributed by atoms with Crippen LogP contribution in [0.5, 0.6) is 0 Å². The molecule has 2 aromatic rings. The number of carboxylic acid groups (broad SMARTS) is 1. The van der Waals surface area contributed by atoms with Gasteiger partial charge in [-0.25, -0.2) is 9.78 Å². The maximum Gasteiger partial charge on any atom is 0.354 e. The van der Waals surface area contributed by atoms with Gasteiger partial charge in [0.1, 0.15) is 11.5 Å². The second-order valence-electron chi connectivity index (χ2n) is 3.95. The average molecular weight is 230 g/mol. The van der Waals surface area contributed by atoms with Crippen molar-refractivity contribution < 1.29 is 9.90 Å². The van der Waals surface area contributed by atoms with Crippen LogP contribution in [0.1, 0.15) is 34.8 Å². The minimum Gasteiger partial charge on any atom is -0.477 e. The average Bonchev–Trinajstić information content (AvgIpc) is 2.71. The minimum absolute atomic E-state index is 0.0372. The summed E-state index contributed by atoms with van der Waals surface area (Å²) < 4.78 is 1.73. The van der Waals surface area contributed by atoms with Crippen LogP contribution in [0.3, 0.4) is 0 Å². The Bertz CT molecular complexity index is 532. The standard InChI is InChI=1S/C13H14N2O2/c1-9(11-6-4-3-5-7-11)15-10(2)14-8-12(15)13(16)17/h3-9H,1-2H3,(H,16,17). The number of benzene rings is 1. The fraction of sp³-hybridized carbons (Fsp3) is 0.231. The van der Waals surface area contributed by atoms with Crippen LogP contribution in [0, 0.1) is 6.92 Å². The molecule has 1 aromatic heterocycles. The van der Waals surface area contributed by atoms with E-state index in [2.05, 4.69) is 4.98 Å². The summed E-state index contributed by atoms with van der Waals surface area (Å²) in [6.45, 7) is 3.78. The fourth-order valence-corrected chi connectivity index (χ4v) is 1.98. The molecule has 0 aliphatic carbocycles. The summed E-state index contributed by atoms with van der Waals surface area (Å²) >= 11 is 0. The summed E-state index contributed by atoms with van der Waals surface area (Å²) in [5, 5.41) is 9.11. The van der Waals surface area contributed by atoms with Gasteiger partial charge in [0.2, 0.25) is 0 Å². The van der Waals surface area contributed by atoms with Gasteiger partial charge in [0.25, 0.3) is 0 Å². The van der Waals surface area contributed by atoms with E-state index in [1.54, 1.807) is 4.57 Å². The zero-order valence-corrected chi connectivity index (χ0v) is 9.79. The molecule has 0 fully saturated rings. The zero-order valence-electron chi connectivity index (χ0n) is 9.79. The number of imidazole rings is 1. The van der Waals surface area contributed by atoms with Gasteiger partial charge in [-0.2, -0.15) is 0 Å². The van der Waals surface area contributed by atoms with Gasteiger partial charge in [-0.1, -0.05) is 30.3 Å². The lowest BCUT2D eigenvalue weighted by Crippen LogP contribution is -2.15. The van der Waals surface area contributed by atoms with Crippen molar-refractivity contribution in [3.05, 3.63) is 53.6 Å². The summed E-state index contributed by atoms with van der Waals surface area (Å²) in [7, 11) is 0. The van der Waals surface area contributed by atoms with Gasteiger partial charge < -0.3 is 9.67 Å². The number of aryl methyl sites for hydroxylation is 1. The lowest BCUT2D eigenvalue weighted by Gasteiger charge is -2.17. The van der Waals surface area contributed by atoms with E-state index in [1.807, 2.05) is 44.2 Å². The first-order valence-corrected chi connectivity index (χ1v) is 5.43. The Labute approximate surface area is 99.5 Å². The van der Waals surface area contributed by atoms with Gasteiger partial charge in [-0.3, -0.25) is 0 Å². The van der Waals surface area contributed by atoms with Crippen LogP contribution >= 0.6 is 0 Å². The van der Waals surface area contributed by atoms with Crippen molar-refractivity contribution in [1.82, 2.24) is 9.55 Å². The van der Waals surface area contributed by atoms with Gasteiger partial charge in [0, 0.05) is 0 Å². The molecule has 0 spiro atoms. The first kappa shape index (κ1) is 11.4. The lowest BCUT2D eigenvalue weighted by molar-refractivity contribution is 0.0683. The number of aromatic nitrogens is 2. The van der Waals surface area contributed by atoms with E-state index in [0.717, 1.165) is 5.56 Å². The Morgan fingerprint density at radius 2 is 2.00 bits per heavy atom. The Balaban J connectivity index is 2.47. The normalized spacial score (nSPS) is 12.4. The third-order valence-electron chi connectivity index (χ3n) is 2.87. The van der Waals surface area contributed by atoms with Crippen LogP contribution in [-0.2, 0) is 0 Å². The molecule has 0 radical (unpaired) electrons. The maximum absolute atomic E-state index is 11.1. The monoisotopic (exact) mass is 230 g/mol. The van der Waals surface area contributed by atoms with Gasteiger partial charge in [-0.15, -0.1) is 0 Å². The fourth-order valence-electron chi connectivity index (χ4n) is 1.98. The van der Waals surface area contributed by atoms with E-state index in [4.69, 9.17) is 5.11 Å². The topological polar surface area (TPSA) is 55.1 Å². The molecule has 88 valence electrons. The van der Waals surface area contributed by atoms with E-state index in [-0.39, 0.29) is 11.7 Å². The molecule has 17 heavy (non-hydrogen) atoms. The van der Waals surface area contributed by atoms with Crippen molar-refractivity contribution in [2.24, 2.45) is 0 Å². The number of rotatable bonds is 3. The van der Waals surface area contributed by atoms with E-state index in [1.165, 1.54) is 6.20 Å². The summed E-state index contributed by atoms with van der Waals surface area (Å²) in [5.74, 6) is -0.243. The van der Waals surface area contributed by atoms with Crippen LogP contribution in [0.2, 0.25) is 0 Å². The highest BCUT2D eigenvalue weighted by atomic mass is 16.4. The van der Waals surface area contributed by atoms with Gasteiger partial charge in [0.15, 0.2) is 0 Å². The molecule has 1 aromatic carbocycles. The number of carbonyl (C=O) groups is 1. The summed E-state index contributed by atoms with van der Waals surface area (Å²) in [5.41, 5.74) is 1.29. The van der Waals surface area contributed by atoms with Crippen molar-refractivity contribution >= 4 is 5.97 Å². The molecule has 0 saturated carbocycles. The summed E-state index contributed by atoms with van der Waals surface area (Å²) in [6, 6.07) is 9.75. The molecule has 1 unspecified atom stereocenters. The second kappa shape index (κ2) is 4.41. The minimum atomic E-state index is -0.951. The molecule has 4 nitrogen and oxygen atoms in total. The molecule has 4 heteroatoms. The van der Waals surface area contributed by atoms with Gasteiger partial charge >= 0.3 is 5.97 Å². The van der Waals surface area contributed by atoms with Crippen LogP contribution in [0.4, 0.5) is 0 Å². The Morgan fingerprint density at radius 3 is 2.59 bits per heavy atom. The molecule has 0 aliphatic heterocycles. The highest BCUT2D eigenvalue weighted by Gasteiger charge is 2.18. The molecule has 0 aliphatic rings. The lowest BCUT2D eigenvalue weighted by atomic mass is 10.1. The summed E-state index contributed by atoms with van der Waals surface area (Å²) in [6.07, 6.45) is 1.40. The van der Waals surface area contributed by atoms with Crippen molar-refractivity contribution in [3.8, 4) is 0 Å². The number of hydrogen-bond acceptors (Lipinski definition) is 2. The molecule has 0 bridgehead atoms. The molecular weight excluding hydrogens is 216 g/mol. The number of aromatic carboxylic acids is 1. The zero-order chi connectivity index (χ0) is 12.4. The third kappa shape index (κ3) is 2.06. The molecule has 0 amide bonds. The Kier molecular flexibility index (Phi) is 2.95. The van der Waals surface area contributed by atoms with Crippen LogP contribution in [0.25, 0.3) is 0 Å². The Morgan fingerprint density at radius 1 is 1.35 bits per heavy atom. The molecule has 1 atom stereocenters. The largest absolute Gasteiger partial charge is 0.477 e. The van der Waals surface area contributed by atoms with E-state index in [0.29, 0.717) is 5.82 Å². The molecule has 1 heterocycles. The highest BCUT2D eigenvalue weighted by Crippen LogP contribution is 2.21. The van der Waals surface area contributed by atoms with Crippen molar-refractivity contribution in [2.75, 3.05) is 0 Å². The number of nitrogens with zero attached hydrogens (tertiary/aromatic N) is 2. The SMILES string of the molecule is Cc1ncc(C(=O)O)n1C(C)c1ccccc1. The Hall–Kier alpha value is -2.10. The number of hydrogen-bond donors (Lipinski definition) is 1. The highest BCUT2D eigenvalue weighted by molar-refractivity contribution is 5.85. The third-order valence-corrected chi connectivity index (χ3v) is 2.87. The summed E-state index contributed by atoms with van der Waals surface area (Å²) in [4.78, 5) is 15.2. The van der Waals surface area contributed by atoms with E-state index < -0.39 is 5.97 Å². The first-order valence-electron chi connectivity index (χ1n) is 5.43. The van der Waals surface area contributed by atoms with Crippen molar-refractivity contribution in [3.63, 3.8) is 0 Å². The van der Waals surface area contributed by atoms with Crippen LogP contribution < -0.4 is 0 Å². The molecular formula is C13H14N2O2. The van der Waals surface area contributed by atoms with Crippen LogP contribution in [0.15, 0.2) is 36.5 Å². The van der Waals surface area contributed by atoms with Gasteiger partial charge in [-0.05, 0) is 19.4 Å². The van der Waals surface area contributed by atoms with Crippen molar-refractivity contribution in [2.45, 2.75) is 19.9 Å². The van der Waals surface area contributed by atoms with E-state index in [9.17, 15) is 4.79 Å². The predicted molar refractivity (Wildman–Crippen MR) is 64.2 cm³/mol. The molecule has 1 N–H and O–H groups in total. The number of carboxylic acids is 1. The van der Waals surface area contributed by atoms with Gasteiger partial charge in [0.05, 0.1) is 12.2 Å². The quantitative estimate of drug-likeness (QED) is 0.881. The molecule has 2 rings (SSSR count).